The zero-order valence-corrected chi connectivity index (χ0v) is 7.28. The van der Waals surface area contributed by atoms with E-state index in [9.17, 15) is 0 Å². The number of methoxy groups -OCH3 is 1. The molecule has 1 aromatic rings. The Morgan fingerprint density at radius 3 is 2.92 bits per heavy atom. The summed E-state index contributed by atoms with van der Waals surface area (Å²) in [7, 11) is 1.59. The minimum atomic E-state index is -0.623. The third kappa shape index (κ3) is 1.62. The van der Waals surface area contributed by atoms with E-state index in [1.807, 2.05) is 6.92 Å². The van der Waals surface area contributed by atoms with Gasteiger partial charge >= 0.3 is 0 Å². The van der Waals surface area contributed by atoms with E-state index in [-0.39, 0.29) is 0 Å². The van der Waals surface area contributed by atoms with Gasteiger partial charge in [0.1, 0.15) is 5.54 Å². The molecule has 5 heteroatoms. The van der Waals surface area contributed by atoms with E-state index in [1.54, 1.807) is 7.11 Å². The van der Waals surface area contributed by atoms with Crippen molar-refractivity contribution < 1.29 is 9.26 Å². The van der Waals surface area contributed by atoms with Crippen LogP contribution in [0.1, 0.15) is 19.2 Å². The number of ether oxygens (including phenoxy) is 1. The zero-order chi connectivity index (χ0) is 9.03. The summed E-state index contributed by atoms with van der Waals surface area (Å²) in [6, 6.07) is 0. The van der Waals surface area contributed by atoms with Crippen molar-refractivity contribution in [3.8, 4) is 0 Å². The molecule has 0 radical (unpaired) electrons. The standard InChI is InChI=1S/C7H13N3O2/c1-3-7(8,4-11-2)6-9-5-12-10-6/h5H,3-4,8H2,1-2H3. The Kier molecular flexibility index (Phi) is 2.78. The molecular weight excluding hydrogens is 158 g/mol. The van der Waals surface area contributed by atoms with Gasteiger partial charge in [-0.15, -0.1) is 0 Å². The SMILES string of the molecule is CCC(N)(COC)c1ncon1. The second-order valence-corrected chi connectivity index (χ2v) is 2.70. The molecule has 0 saturated carbocycles. The van der Waals surface area contributed by atoms with Gasteiger partial charge in [0.15, 0.2) is 5.82 Å². The second-order valence-electron chi connectivity index (χ2n) is 2.70. The van der Waals surface area contributed by atoms with Crippen LogP contribution in [0.5, 0.6) is 0 Å². The molecule has 0 bridgehead atoms. The van der Waals surface area contributed by atoms with Gasteiger partial charge in [-0.25, -0.2) is 0 Å². The molecule has 0 amide bonds. The van der Waals surface area contributed by atoms with Crippen LogP contribution in [0.25, 0.3) is 0 Å². The van der Waals surface area contributed by atoms with Crippen LogP contribution in [-0.2, 0) is 10.3 Å². The largest absolute Gasteiger partial charge is 0.382 e. The van der Waals surface area contributed by atoms with Gasteiger partial charge in [-0.05, 0) is 6.42 Å². The lowest BCUT2D eigenvalue weighted by molar-refractivity contribution is 0.122. The number of rotatable bonds is 4. The fourth-order valence-corrected chi connectivity index (χ4v) is 0.972. The zero-order valence-electron chi connectivity index (χ0n) is 7.28. The van der Waals surface area contributed by atoms with Crippen molar-refractivity contribution in [3.63, 3.8) is 0 Å². The highest BCUT2D eigenvalue weighted by Crippen LogP contribution is 2.17. The predicted octanol–water partition coefficient (Wildman–Crippen LogP) is 0.280. The van der Waals surface area contributed by atoms with Gasteiger partial charge in [-0.2, -0.15) is 4.98 Å². The number of nitrogens with two attached hydrogens (primary N) is 1. The molecule has 5 nitrogen and oxygen atoms in total. The molecule has 68 valence electrons. The van der Waals surface area contributed by atoms with Gasteiger partial charge in [-0.3, -0.25) is 0 Å². The maximum atomic E-state index is 5.96. The Labute approximate surface area is 70.9 Å². The Morgan fingerprint density at radius 1 is 1.75 bits per heavy atom. The van der Waals surface area contributed by atoms with Gasteiger partial charge in [0, 0.05) is 7.11 Å². The van der Waals surface area contributed by atoms with E-state index < -0.39 is 5.54 Å². The van der Waals surface area contributed by atoms with Crippen LogP contribution < -0.4 is 5.73 Å². The molecule has 0 aliphatic rings. The van der Waals surface area contributed by atoms with E-state index in [0.29, 0.717) is 18.9 Å². The van der Waals surface area contributed by atoms with Gasteiger partial charge in [0.2, 0.25) is 6.39 Å². The van der Waals surface area contributed by atoms with Crippen molar-refractivity contribution >= 4 is 0 Å². The van der Waals surface area contributed by atoms with Crippen LogP contribution in [-0.4, -0.2) is 23.9 Å². The molecule has 0 spiro atoms. The molecule has 0 saturated heterocycles. The molecule has 1 heterocycles. The Balaban J connectivity index is 2.80. The summed E-state index contributed by atoms with van der Waals surface area (Å²) in [5, 5.41) is 3.69. The minimum absolute atomic E-state index is 0.392. The first-order valence-corrected chi connectivity index (χ1v) is 3.77. The Hall–Kier alpha value is -0.940. The first kappa shape index (κ1) is 9.15. The topological polar surface area (TPSA) is 74.2 Å². The summed E-state index contributed by atoms with van der Waals surface area (Å²) in [6.45, 7) is 2.35. The van der Waals surface area contributed by atoms with Crippen molar-refractivity contribution in [2.45, 2.75) is 18.9 Å². The lowest BCUT2D eigenvalue weighted by Gasteiger charge is -2.22. The fourth-order valence-electron chi connectivity index (χ4n) is 0.972. The molecular formula is C7H13N3O2. The first-order valence-electron chi connectivity index (χ1n) is 3.77. The highest BCUT2D eigenvalue weighted by atomic mass is 16.5. The third-order valence-corrected chi connectivity index (χ3v) is 1.84. The van der Waals surface area contributed by atoms with Gasteiger partial charge < -0.3 is 15.0 Å². The van der Waals surface area contributed by atoms with Crippen LogP contribution in [0.15, 0.2) is 10.9 Å². The van der Waals surface area contributed by atoms with Crippen molar-refractivity contribution in [2.24, 2.45) is 5.73 Å². The Morgan fingerprint density at radius 2 is 2.50 bits per heavy atom. The number of hydrogen-bond donors (Lipinski definition) is 1. The van der Waals surface area contributed by atoms with Crippen LogP contribution >= 0.6 is 0 Å². The van der Waals surface area contributed by atoms with Gasteiger partial charge in [0.05, 0.1) is 6.61 Å². The number of aromatic nitrogens is 2. The van der Waals surface area contributed by atoms with Crippen molar-refractivity contribution in [2.75, 3.05) is 13.7 Å². The average molecular weight is 171 g/mol. The van der Waals surface area contributed by atoms with Gasteiger partial charge in [-0.1, -0.05) is 12.1 Å². The summed E-state index contributed by atoms with van der Waals surface area (Å²) in [4.78, 5) is 3.90. The summed E-state index contributed by atoms with van der Waals surface area (Å²) in [5.41, 5.74) is 5.34. The molecule has 0 aliphatic carbocycles. The average Bonchev–Trinajstić information content (AvgIpc) is 2.57. The van der Waals surface area contributed by atoms with E-state index in [1.165, 1.54) is 6.39 Å². The molecule has 2 N–H and O–H groups in total. The smallest absolute Gasteiger partial charge is 0.213 e. The summed E-state index contributed by atoms with van der Waals surface area (Å²) in [6.07, 6.45) is 1.97. The molecule has 12 heavy (non-hydrogen) atoms. The predicted molar refractivity (Wildman–Crippen MR) is 42.3 cm³/mol. The van der Waals surface area contributed by atoms with Crippen molar-refractivity contribution in [3.05, 3.63) is 12.2 Å². The first-order chi connectivity index (χ1) is 5.73. The number of nitrogens with zero attached hydrogens (tertiary/aromatic N) is 2. The molecule has 0 aliphatic heterocycles. The molecule has 1 aromatic heterocycles. The van der Waals surface area contributed by atoms with E-state index in [2.05, 4.69) is 14.7 Å². The van der Waals surface area contributed by atoms with Crippen LogP contribution in [0.2, 0.25) is 0 Å². The van der Waals surface area contributed by atoms with Gasteiger partial charge in [0.25, 0.3) is 0 Å². The Bertz CT molecular complexity index is 225. The molecule has 0 fully saturated rings. The van der Waals surface area contributed by atoms with E-state index >= 15 is 0 Å². The molecule has 1 atom stereocenters. The molecule has 1 unspecified atom stereocenters. The summed E-state index contributed by atoms with van der Waals surface area (Å²) in [5.74, 6) is 0.492. The highest BCUT2D eigenvalue weighted by Gasteiger charge is 2.29. The quantitative estimate of drug-likeness (QED) is 0.704. The lowest BCUT2D eigenvalue weighted by atomic mass is 9.98. The maximum Gasteiger partial charge on any atom is 0.213 e. The molecule has 0 aromatic carbocycles. The van der Waals surface area contributed by atoms with Crippen molar-refractivity contribution in [1.82, 2.24) is 10.1 Å². The number of hydrogen-bond acceptors (Lipinski definition) is 5. The molecule has 1 rings (SSSR count). The fraction of sp³-hybridized carbons (Fsp3) is 0.714. The normalized spacial score (nSPS) is 15.9. The van der Waals surface area contributed by atoms with E-state index in [4.69, 9.17) is 10.5 Å². The van der Waals surface area contributed by atoms with Crippen LogP contribution in [0, 0.1) is 0 Å². The minimum Gasteiger partial charge on any atom is -0.382 e. The second kappa shape index (κ2) is 3.64. The summed E-state index contributed by atoms with van der Waals surface area (Å²) >= 11 is 0. The highest BCUT2D eigenvalue weighted by molar-refractivity contribution is 5.01. The maximum absolute atomic E-state index is 5.96. The van der Waals surface area contributed by atoms with E-state index in [0.717, 1.165) is 0 Å². The van der Waals surface area contributed by atoms with Crippen LogP contribution in [0.3, 0.4) is 0 Å². The van der Waals surface area contributed by atoms with Crippen molar-refractivity contribution in [1.29, 1.82) is 0 Å². The summed E-state index contributed by atoms with van der Waals surface area (Å²) < 4.78 is 9.59. The lowest BCUT2D eigenvalue weighted by Crippen LogP contribution is -2.41. The third-order valence-electron chi connectivity index (χ3n) is 1.84. The monoisotopic (exact) mass is 171 g/mol. The van der Waals surface area contributed by atoms with Crippen LogP contribution in [0.4, 0.5) is 0 Å².